The molecule has 1 aromatic rings. The SMILES string of the molecule is COc1cccc(C(CNC(=O)C2(N)CCCC2)N2CCCC2)c1. The van der Waals surface area contributed by atoms with Gasteiger partial charge in [-0.3, -0.25) is 9.69 Å². The molecule has 0 bridgehead atoms. The fourth-order valence-corrected chi connectivity index (χ4v) is 3.96. The molecule has 2 aliphatic rings. The van der Waals surface area contributed by atoms with Crippen LogP contribution in [0.1, 0.15) is 50.1 Å². The first kappa shape index (κ1) is 17.2. The van der Waals surface area contributed by atoms with Gasteiger partial charge in [-0.05, 0) is 56.5 Å². The molecule has 2 fully saturated rings. The Bertz CT molecular complexity index is 563. The molecule has 1 heterocycles. The Balaban J connectivity index is 1.71. The first-order valence-corrected chi connectivity index (χ1v) is 9.07. The number of carbonyl (C=O) groups is 1. The third kappa shape index (κ3) is 3.73. The third-order valence-electron chi connectivity index (χ3n) is 5.46. The third-order valence-corrected chi connectivity index (χ3v) is 5.46. The number of benzene rings is 1. The van der Waals surface area contributed by atoms with Crippen molar-refractivity contribution in [3.63, 3.8) is 0 Å². The second-order valence-electron chi connectivity index (χ2n) is 7.11. The van der Waals surface area contributed by atoms with Gasteiger partial charge in [0.05, 0.1) is 18.7 Å². The Hall–Kier alpha value is -1.59. The quantitative estimate of drug-likeness (QED) is 0.839. The van der Waals surface area contributed by atoms with E-state index in [9.17, 15) is 4.79 Å². The number of amides is 1. The van der Waals surface area contributed by atoms with Crippen LogP contribution in [-0.4, -0.2) is 43.1 Å². The highest BCUT2D eigenvalue weighted by Gasteiger charge is 2.37. The van der Waals surface area contributed by atoms with Gasteiger partial charge in [-0.15, -0.1) is 0 Å². The van der Waals surface area contributed by atoms with Crippen LogP contribution in [0.15, 0.2) is 24.3 Å². The lowest BCUT2D eigenvalue weighted by atomic mass is 9.97. The molecular formula is C19H29N3O2. The summed E-state index contributed by atoms with van der Waals surface area (Å²) in [5.41, 5.74) is 6.81. The monoisotopic (exact) mass is 331 g/mol. The first-order chi connectivity index (χ1) is 11.6. The van der Waals surface area contributed by atoms with Crippen LogP contribution in [0.2, 0.25) is 0 Å². The van der Waals surface area contributed by atoms with Crippen molar-refractivity contribution in [1.29, 1.82) is 0 Å². The second kappa shape index (κ2) is 7.53. The fraction of sp³-hybridized carbons (Fsp3) is 0.632. The largest absolute Gasteiger partial charge is 0.497 e. The second-order valence-corrected chi connectivity index (χ2v) is 7.11. The summed E-state index contributed by atoms with van der Waals surface area (Å²) in [4.78, 5) is 15.0. The molecule has 3 N–H and O–H groups in total. The standard InChI is InChI=1S/C19H29N3O2/c1-24-16-8-6-7-15(13-16)17(22-11-4-5-12-22)14-21-18(23)19(20)9-2-3-10-19/h6-8,13,17H,2-5,9-12,14,20H2,1H3,(H,21,23). The summed E-state index contributed by atoms with van der Waals surface area (Å²) >= 11 is 0. The normalized spacial score (nSPS) is 21.6. The zero-order valence-corrected chi connectivity index (χ0v) is 14.6. The molecule has 1 aliphatic carbocycles. The molecule has 0 radical (unpaired) electrons. The van der Waals surface area contributed by atoms with Crippen molar-refractivity contribution in [3.8, 4) is 5.75 Å². The molecule has 1 aliphatic heterocycles. The molecule has 1 amide bonds. The van der Waals surface area contributed by atoms with E-state index in [1.54, 1.807) is 7.11 Å². The van der Waals surface area contributed by atoms with Crippen molar-refractivity contribution in [3.05, 3.63) is 29.8 Å². The Morgan fingerprint density at radius 3 is 2.67 bits per heavy atom. The maximum Gasteiger partial charge on any atom is 0.240 e. The van der Waals surface area contributed by atoms with Gasteiger partial charge >= 0.3 is 0 Å². The van der Waals surface area contributed by atoms with Gasteiger partial charge in [0.25, 0.3) is 0 Å². The summed E-state index contributed by atoms with van der Waals surface area (Å²) < 4.78 is 5.36. The zero-order chi connectivity index (χ0) is 17.0. The van der Waals surface area contributed by atoms with Crippen molar-refractivity contribution in [1.82, 2.24) is 10.2 Å². The molecule has 132 valence electrons. The summed E-state index contributed by atoms with van der Waals surface area (Å²) in [5.74, 6) is 0.862. The van der Waals surface area contributed by atoms with E-state index in [4.69, 9.17) is 10.5 Å². The lowest BCUT2D eigenvalue weighted by molar-refractivity contribution is -0.126. The Morgan fingerprint density at radius 1 is 1.29 bits per heavy atom. The number of rotatable bonds is 6. The number of hydrogen-bond donors (Lipinski definition) is 2. The van der Waals surface area contributed by atoms with E-state index in [1.165, 1.54) is 18.4 Å². The summed E-state index contributed by atoms with van der Waals surface area (Å²) in [5, 5.41) is 3.13. The fourth-order valence-electron chi connectivity index (χ4n) is 3.96. The maximum atomic E-state index is 12.6. The van der Waals surface area contributed by atoms with Crippen LogP contribution >= 0.6 is 0 Å². The average Bonchev–Trinajstić information content (AvgIpc) is 3.28. The highest BCUT2D eigenvalue weighted by atomic mass is 16.5. The van der Waals surface area contributed by atoms with Crippen LogP contribution in [0.4, 0.5) is 0 Å². The number of ether oxygens (including phenoxy) is 1. The van der Waals surface area contributed by atoms with Crippen LogP contribution in [0, 0.1) is 0 Å². The smallest absolute Gasteiger partial charge is 0.240 e. The predicted molar refractivity (Wildman–Crippen MR) is 94.9 cm³/mol. The summed E-state index contributed by atoms with van der Waals surface area (Å²) in [6.45, 7) is 2.75. The number of carbonyl (C=O) groups excluding carboxylic acids is 1. The van der Waals surface area contributed by atoms with E-state index in [-0.39, 0.29) is 11.9 Å². The van der Waals surface area contributed by atoms with E-state index in [1.807, 2.05) is 12.1 Å². The minimum absolute atomic E-state index is 0.00657. The van der Waals surface area contributed by atoms with Crippen LogP contribution < -0.4 is 15.8 Å². The minimum atomic E-state index is -0.663. The lowest BCUT2D eigenvalue weighted by Gasteiger charge is -2.30. The van der Waals surface area contributed by atoms with Gasteiger partial charge in [-0.25, -0.2) is 0 Å². The lowest BCUT2D eigenvalue weighted by Crippen LogP contribution is -2.53. The summed E-state index contributed by atoms with van der Waals surface area (Å²) in [7, 11) is 1.68. The van der Waals surface area contributed by atoms with Crippen LogP contribution in [0.3, 0.4) is 0 Å². The molecule has 1 atom stereocenters. The predicted octanol–water partition coefficient (Wildman–Crippen LogP) is 2.22. The molecule has 3 rings (SSSR count). The van der Waals surface area contributed by atoms with Gasteiger partial charge in [0.1, 0.15) is 5.75 Å². The molecule has 1 saturated heterocycles. The van der Waals surface area contributed by atoms with E-state index < -0.39 is 5.54 Å². The van der Waals surface area contributed by atoms with E-state index >= 15 is 0 Å². The van der Waals surface area contributed by atoms with Gasteiger partial charge in [0.2, 0.25) is 5.91 Å². The molecule has 5 heteroatoms. The molecular weight excluding hydrogens is 302 g/mol. The molecule has 0 aromatic heterocycles. The van der Waals surface area contributed by atoms with Crippen molar-refractivity contribution in [2.24, 2.45) is 5.73 Å². The van der Waals surface area contributed by atoms with E-state index in [2.05, 4.69) is 22.3 Å². The Morgan fingerprint density at radius 2 is 2.00 bits per heavy atom. The van der Waals surface area contributed by atoms with Crippen LogP contribution in [-0.2, 0) is 4.79 Å². The Labute approximate surface area is 144 Å². The van der Waals surface area contributed by atoms with Crippen LogP contribution in [0.5, 0.6) is 5.75 Å². The number of nitrogens with one attached hydrogen (secondary N) is 1. The van der Waals surface area contributed by atoms with Crippen LogP contribution in [0.25, 0.3) is 0 Å². The topological polar surface area (TPSA) is 67.6 Å². The summed E-state index contributed by atoms with van der Waals surface area (Å²) in [6, 6.07) is 8.34. The van der Waals surface area contributed by atoms with Crippen molar-refractivity contribution in [2.75, 3.05) is 26.7 Å². The number of hydrogen-bond acceptors (Lipinski definition) is 4. The van der Waals surface area contributed by atoms with Gasteiger partial charge in [-0.2, -0.15) is 0 Å². The first-order valence-electron chi connectivity index (χ1n) is 9.07. The number of nitrogens with two attached hydrogens (primary N) is 1. The van der Waals surface area contributed by atoms with Gasteiger partial charge in [0, 0.05) is 6.54 Å². The Kier molecular flexibility index (Phi) is 5.41. The zero-order valence-electron chi connectivity index (χ0n) is 14.6. The highest BCUT2D eigenvalue weighted by Crippen LogP contribution is 2.29. The average molecular weight is 331 g/mol. The summed E-state index contributed by atoms with van der Waals surface area (Å²) in [6.07, 6.45) is 6.13. The molecule has 24 heavy (non-hydrogen) atoms. The van der Waals surface area contributed by atoms with E-state index in [0.717, 1.165) is 44.5 Å². The van der Waals surface area contributed by atoms with Gasteiger partial charge in [-0.1, -0.05) is 25.0 Å². The molecule has 0 spiro atoms. The number of nitrogens with zero attached hydrogens (tertiary/aromatic N) is 1. The highest BCUT2D eigenvalue weighted by molar-refractivity contribution is 5.86. The molecule has 1 unspecified atom stereocenters. The van der Waals surface area contributed by atoms with Crippen molar-refractivity contribution >= 4 is 5.91 Å². The van der Waals surface area contributed by atoms with E-state index in [0.29, 0.717) is 6.54 Å². The van der Waals surface area contributed by atoms with Crippen molar-refractivity contribution < 1.29 is 9.53 Å². The van der Waals surface area contributed by atoms with Gasteiger partial charge < -0.3 is 15.8 Å². The van der Waals surface area contributed by atoms with Gasteiger partial charge in [0.15, 0.2) is 0 Å². The molecule has 1 aromatic carbocycles. The number of likely N-dealkylation sites (tertiary alicyclic amines) is 1. The minimum Gasteiger partial charge on any atom is -0.497 e. The molecule has 5 nitrogen and oxygen atoms in total. The number of methoxy groups -OCH3 is 1. The maximum absolute atomic E-state index is 12.6. The molecule has 1 saturated carbocycles. The van der Waals surface area contributed by atoms with Crippen molar-refractivity contribution in [2.45, 2.75) is 50.1 Å².